The summed E-state index contributed by atoms with van der Waals surface area (Å²) in [6.45, 7) is 2.21. The number of sulfone groups is 1. The zero-order valence-corrected chi connectivity index (χ0v) is 13.1. The van der Waals surface area contributed by atoms with Gasteiger partial charge >= 0.3 is 0 Å². The van der Waals surface area contributed by atoms with E-state index in [4.69, 9.17) is 0 Å². The zero-order chi connectivity index (χ0) is 14.9. The molecule has 0 unspecified atom stereocenters. The van der Waals surface area contributed by atoms with Crippen LogP contribution in [-0.4, -0.2) is 13.4 Å². The second-order valence-electron chi connectivity index (χ2n) is 5.79. The minimum Gasteiger partial charge on any atom is -0.366 e. The third-order valence-electron chi connectivity index (χ3n) is 4.38. The number of benzene rings is 1. The molecule has 0 spiro atoms. The van der Waals surface area contributed by atoms with Crippen LogP contribution in [0.5, 0.6) is 0 Å². The van der Waals surface area contributed by atoms with Crippen molar-refractivity contribution in [3.05, 3.63) is 47.8 Å². The summed E-state index contributed by atoms with van der Waals surface area (Å²) in [5.41, 5.74) is 2.58. The molecule has 1 heterocycles. The quantitative estimate of drug-likeness (QED) is 0.925. The second-order valence-corrected chi connectivity index (χ2v) is 7.74. The molecule has 0 amide bonds. The molecule has 4 heteroatoms. The van der Waals surface area contributed by atoms with Crippen molar-refractivity contribution in [3.63, 3.8) is 0 Å². The molecule has 3 rings (SSSR count). The predicted molar refractivity (Wildman–Crippen MR) is 83.3 cm³/mol. The number of aryl methyl sites for hydroxylation is 1. The SMILES string of the molecule is CCC[C@@H]1CCCc2cc(S(=O)(=O)c3cc[nH]c3)ccc21. The van der Waals surface area contributed by atoms with E-state index in [0.29, 0.717) is 15.7 Å². The van der Waals surface area contributed by atoms with Gasteiger partial charge < -0.3 is 4.98 Å². The molecular weight excluding hydrogens is 282 g/mol. The Labute approximate surface area is 126 Å². The Morgan fingerprint density at radius 3 is 2.81 bits per heavy atom. The van der Waals surface area contributed by atoms with Gasteiger partial charge in [0.05, 0.1) is 9.79 Å². The number of nitrogens with one attached hydrogen (secondary N) is 1. The first kappa shape index (κ1) is 14.4. The first-order valence-corrected chi connectivity index (χ1v) is 9.12. The molecule has 112 valence electrons. The van der Waals surface area contributed by atoms with Crippen molar-refractivity contribution in [2.45, 2.75) is 54.7 Å². The van der Waals surface area contributed by atoms with Crippen LogP contribution >= 0.6 is 0 Å². The lowest BCUT2D eigenvalue weighted by atomic mass is 9.81. The number of fused-ring (bicyclic) bond motifs is 1. The monoisotopic (exact) mass is 303 g/mol. The van der Waals surface area contributed by atoms with Gasteiger partial charge in [-0.15, -0.1) is 0 Å². The van der Waals surface area contributed by atoms with Gasteiger partial charge in [0.1, 0.15) is 0 Å². The molecule has 1 aliphatic rings. The highest BCUT2D eigenvalue weighted by Gasteiger charge is 2.23. The lowest BCUT2D eigenvalue weighted by Crippen LogP contribution is -2.11. The summed E-state index contributed by atoms with van der Waals surface area (Å²) in [7, 11) is -3.39. The fraction of sp³-hybridized carbons (Fsp3) is 0.412. The number of aromatic amines is 1. The zero-order valence-electron chi connectivity index (χ0n) is 12.3. The lowest BCUT2D eigenvalue weighted by molar-refractivity contribution is 0.514. The second kappa shape index (κ2) is 5.68. The van der Waals surface area contributed by atoms with Gasteiger partial charge in [0.15, 0.2) is 0 Å². The van der Waals surface area contributed by atoms with Gasteiger partial charge in [0.25, 0.3) is 0 Å². The summed E-state index contributed by atoms with van der Waals surface area (Å²) in [6.07, 6.45) is 8.92. The minimum atomic E-state index is -3.39. The summed E-state index contributed by atoms with van der Waals surface area (Å²) >= 11 is 0. The van der Waals surface area contributed by atoms with Crippen LogP contribution in [0.15, 0.2) is 46.5 Å². The summed E-state index contributed by atoms with van der Waals surface area (Å²) in [5.74, 6) is 0.600. The van der Waals surface area contributed by atoms with E-state index in [1.807, 2.05) is 12.1 Å². The van der Waals surface area contributed by atoms with Crippen LogP contribution in [0.1, 0.15) is 49.7 Å². The highest BCUT2D eigenvalue weighted by molar-refractivity contribution is 7.91. The van der Waals surface area contributed by atoms with Crippen LogP contribution in [0.3, 0.4) is 0 Å². The van der Waals surface area contributed by atoms with Gasteiger partial charge in [-0.3, -0.25) is 0 Å². The maximum atomic E-state index is 12.6. The molecule has 0 radical (unpaired) electrons. The van der Waals surface area contributed by atoms with Gasteiger partial charge in [-0.1, -0.05) is 19.4 Å². The van der Waals surface area contributed by atoms with Crippen LogP contribution in [0.4, 0.5) is 0 Å². The van der Waals surface area contributed by atoms with Crippen molar-refractivity contribution in [2.75, 3.05) is 0 Å². The molecule has 2 aromatic rings. The van der Waals surface area contributed by atoms with Crippen molar-refractivity contribution >= 4 is 9.84 Å². The molecule has 1 aliphatic carbocycles. The molecule has 0 saturated heterocycles. The van der Waals surface area contributed by atoms with Crippen molar-refractivity contribution in [1.82, 2.24) is 4.98 Å². The summed E-state index contributed by atoms with van der Waals surface area (Å²) in [5, 5.41) is 0. The Kier molecular flexibility index (Phi) is 3.89. The Morgan fingerprint density at radius 2 is 2.10 bits per heavy atom. The maximum absolute atomic E-state index is 12.6. The number of rotatable bonds is 4. The lowest BCUT2D eigenvalue weighted by Gasteiger charge is -2.25. The molecule has 0 bridgehead atoms. The minimum absolute atomic E-state index is 0.336. The van der Waals surface area contributed by atoms with Crippen LogP contribution in [0.2, 0.25) is 0 Å². The van der Waals surface area contributed by atoms with Crippen molar-refractivity contribution in [1.29, 1.82) is 0 Å². The molecule has 0 fully saturated rings. The van der Waals surface area contributed by atoms with E-state index in [1.165, 1.54) is 36.6 Å². The average Bonchev–Trinajstić information content (AvgIpc) is 3.02. The molecule has 1 aromatic heterocycles. The first-order chi connectivity index (χ1) is 10.1. The number of hydrogen-bond donors (Lipinski definition) is 1. The Hall–Kier alpha value is -1.55. The highest BCUT2D eigenvalue weighted by atomic mass is 32.2. The highest BCUT2D eigenvalue weighted by Crippen LogP contribution is 2.36. The normalized spacial score (nSPS) is 18.4. The van der Waals surface area contributed by atoms with Gasteiger partial charge in [0, 0.05) is 12.4 Å². The molecule has 1 N–H and O–H groups in total. The summed E-state index contributed by atoms with van der Waals surface area (Å²) in [6, 6.07) is 7.30. The predicted octanol–water partition coefficient (Wildman–Crippen LogP) is 4.07. The topological polar surface area (TPSA) is 49.9 Å². The number of H-pyrrole nitrogens is 1. The van der Waals surface area contributed by atoms with Gasteiger partial charge in [-0.2, -0.15) is 0 Å². The third-order valence-corrected chi connectivity index (χ3v) is 6.13. The van der Waals surface area contributed by atoms with E-state index < -0.39 is 9.84 Å². The van der Waals surface area contributed by atoms with E-state index in [2.05, 4.69) is 11.9 Å². The largest absolute Gasteiger partial charge is 0.366 e. The average molecular weight is 303 g/mol. The third kappa shape index (κ3) is 2.64. The molecule has 1 aromatic carbocycles. The summed E-state index contributed by atoms with van der Waals surface area (Å²) < 4.78 is 25.1. The Balaban J connectivity index is 2.00. The van der Waals surface area contributed by atoms with E-state index in [-0.39, 0.29) is 0 Å². The van der Waals surface area contributed by atoms with Crippen LogP contribution in [0, 0.1) is 0 Å². The fourth-order valence-electron chi connectivity index (χ4n) is 3.32. The molecule has 1 atom stereocenters. The molecule has 3 nitrogen and oxygen atoms in total. The standard InChI is InChI=1S/C17H21NO2S/c1-2-4-13-5-3-6-14-11-15(7-8-17(13)14)21(19,20)16-9-10-18-12-16/h7-13,18H,2-6H2,1H3/t13-/m1/s1. The molecule has 0 saturated carbocycles. The summed E-state index contributed by atoms with van der Waals surface area (Å²) in [4.78, 5) is 3.56. The van der Waals surface area contributed by atoms with Crippen LogP contribution < -0.4 is 0 Å². The van der Waals surface area contributed by atoms with Crippen molar-refractivity contribution in [2.24, 2.45) is 0 Å². The molecule has 0 aliphatic heterocycles. The smallest absolute Gasteiger partial charge is 0.208 e. The van der Waals surface area contributed by atoms with Crippen molar-refractivity contribution in [3.8, 4) is 0 Å². The van der Waals surface area contributed by atoms with E-state index in [1.54, 1.807) is 18.3 Å². The number of hydrogen-bond acceptors (Lipinski definition) is 2. The fourth-order valence-corrected chi connectivity index (χ4v) is 4.61. The van der Waals surface area contributed by atoms with E-state index in [0.717, 1.165) is 12.8 Å². The van der Waals surface area contributed by atoms with Crippen LogP contribution in [-0.2, 0) is 16.3 Å². The number of aromatic nitrogens is 1. The van der Waals surface area contributed by atoms with E-state index in [9.17, 15) is 8.42 Å². The van der Waals surface area contributed by atoms with E-state index >= 15 is 0 Å². The molecule has 21 heavy (non-hydrogen) atoms. The van der Waals surface area contributed by atoms with Gasteiger partial charge in [0.2, 0.25) is 9.84 Å². The van der Waals surface area contributed by atoms with Crippen molar-refractivity contribution < 1.29 is 8.42 Å². The maximum Gasteiger partial charge on any atom is 0.208 e. The Bertz CT molecular complexity index is 717. The van der Waals surface area contributed by atoms with Crippen LogP contribution in [0.25, 0.3) is 0 Å². The van der Waals surface area contributed by atoms with Gasteiger partial charge in [-0.25, -0.2) is 8.42 Å². The Morgan fingerprint density at radius 1 is 1.24 bits per heavy atom. The molecular formula is C17H21NO2S. The first-order valence-electron chi connectivity index (χ1n) is 7.63. The van der Waals surface area contributed by atoms with Gasteiger partial charge in [-0.05, 0) is 60.9 Å².